The molecular formula is C45H28N4O. The van der Waals surface area contributed by atoms with Gasteiger partial charge in [0.25, 0.3) is 0 Å². The van der Waals surface area contributed by atoms with E-state index < -0.39 is 12.1 Å². The maximum absolute atomic E-state index is 9.51. The Morgan fingerprint density at radius 3 is 1.84 bits per heavy atom. The molecule has 3 aromatic heterocycles. The monoisotopic (exact) mass is 647 g/mol. The first-order valence-corrected chi connectivity index (χ1v) is 16.1. The van der Waals surface area contributed by atoms with E-state index in [9.17, 15) is 4.11 Å². The summed E-state index contributed by atoms with van der Waals surface area (Å²) >= 11 is 0. The van der Waals surface area contributed by atoms with Gasteiger partial charge in [0.15, 0.2) is 17.5 Å². The summed E-state index contributed by atoms with van der Waals surface area (Å²) in [7, 11) is 0. The van der Waals surface area contributed by atoms with Crippen LogP contribution >= 0.6 is 0 Å². The lowest BCUT2D eigenvalue weighted by molar-refractivity contribution is 0.669. The predicted molar refractivity (Wildman–Crippen MR) is 203 cm³/mol. The number of furan rings is 1. The molecule has 0 aliphatic rings. The van der Waals surface area contributed by atoms with E-state index in [1.54, 1.807) is 53.1 Å². The Kier molecular flexibility index (Phi) is 4.99. The second-order valence-electron chi connectivity index (χ2n) is 11.9. The summed E-state index contributed by atoms with van der Waals surface area (Å²) in [5, 5.41) is 2.32. The largest absolute Gasteiger partial charge is 0.456 e. The van der Waals surface area contributed by atoms with Crippen LogP contribution in [0.1, 0.15) is 9.60 Å². The summed E-state index contributed by atoms with van der Waals surface area (Å²) in [4.78, 5) is 14.6. The highest BCUT2D eigenvalue weighted by Crippen LogP contribution is 2.36. The zero-order chi connectivity index (χ0) is 39.1. The maximum atomic E-state index is 9.51. The molecule has 0 amide bonds. The summed E-state index contributed by atoms with van der Waals surface area (Å²) in [6.07, 6.45) is 0. The van der Waals surface area contributed by atoms with Gasteiger partial charge in [-0.15, -0.1) is 0 Å². The van der Waals surface area contributed by atoms with Gasteiger partial charge in [0.1, 0.15) is 11.2 Å². The third-order valence-electron chi connectivity index (χ3n) is 8.91. The minimum atomic E-state index is -0.435. The van der Waals surface area contributed by atoms with Gasteiger partial charge in [0.05, 0.1) is 20.6 Å². The molecule has 0 bridgehead atoms. The van der Waals surface area contributed by atoms with Crippen molar-refractivity contribution in [2.75, 3.05) is 0 Å². The lowest BCUT2D eigenvalue weighted by atomic mass is 10.0. The lowest BCUT2D eigenvalue weighted by Gasteiger charge is -2.10. The van der Waals surface area contributed by atoms with Crippen LogP contribution in [0.5, 0.6) is 0 Å². The third kappa shape index (κ3) is 4.67. The second kappa shape index (κ2) is 11.4. The fraction of sp³-hybridized carbons (Fsp3) is 0. The molecule has 0 radical (unpaired) electrons. The minimum absolute atomic E-state index is 0.113. The van der Waals surface area contributed by atoms with Crippen molar-refractivity contribution in [1.29, 1.82) is 0 Å². The third-order valence-corrected chi connectivity index (χ3v) is 8.91. The highest BCUT2D eigenvalue weighted by molar-refractivity contribution is 6.10. The number of rotatable bonds is 5. The second-order valence-corrected chi connectivity index (χ2v) is 11.9. The van der Waals surface area contributed by atoms with Crippen LogP contribution in [0.25, 0.3) is 94.7 Å². The van der Waals surface area contributed by atoms with E-state index in [0.717, 1.165) is 27.5 Å². The quantitative estimate of drug-likeness (QED) is 0.186. The standard InChI is InChI=1S/C45H28N4O/c1-3-11-30(12-4-1)43-46-44(48-45(47-43)33-23-25-37-36-16-8-10-18-41(36)50-42(37)28-33)31-21-19-29(20-22-31)32-24-26-40-38(27-32)35-15-7-9-17-39(35)49(40)34-13-5-2-6-14-34/h1-28H/i7D,9D,15D,17D,24D,26D,27D. The summed E-state index contributed by atoms with van der Waals surface area (Å²) in [5.41, 5.74) is 5.25. The zero-order valence-corrected chi connectivity index (χ0v) is 26.3. The van der Waals surface area contributed by atoms with E-state index in [4.69, 9.17) is 24.9 Å². The normalized spacial score (nSPS) is 13.6. The number of benzene rings is 7. The molecule has 0 atom stereocenters. The van der Waals surface area contributed by atoms with Crippen molar-refractivity contribution in [2.24, 2.45) is 0 Å². The lowest BCUT2D eigenvalue weighted by Crippen LogP contribution is -2.00. The number of hydrogen-bond acceptors (Lipinski definition) is 4. The highest BCUT2D eigenvalue weighted by Gasteiger charge is 2.16. The summed E-state index contributed by atoms with van der Waals surface area (Å²) < 4.78 is 70.4. The molecule has 50 heavy (non-hydrogen) atoms. The molecule has 0 saturated carbocycles. The Morgan fingerprint density at radius 1 is 0.440 bits per heavy atom. The van der Waals surface area contributed by atoms with Crippen LogP contribution in [0.2, 0.25) is 0 Å². The minimum Gasteiger partial charge on any atom is -0.456 e. The topological polar surface area (TPSA) is 56.7 Å². The van der Waals surface area contributed by atoms with Crippen LogP contribution in [-0.4, -0.2) is 19.5 Å². The van der Waals surface area contributed by atoms with Gasteiger partial charge in [-0.3, -0.25) is 0 Å². The van der Waals surface area contributed by atoms with E-state index in [1.165, 1.54) is 0 Å². The van der Waals surface area contributed by atoms with Gasteiger partial charge in [-0.1, -0.05) is 121 Å². The Bertz CT molecular complexity index is 3260. The Labute approximate surface area is 297 Å². The molecule has 0 unspecified atom stereocenters. The number of aromatic nitrogens is 4. The highest BCUT2D eigenvalue weighted by atomic mass is 16.3. The number of para-hydroxylation sites is 3. The average molecular weight is 648 g/mol. The fourth-order valence-electron chi connectivity index (χ4n) is 6.50. The molecule has 10 aromatic rings. The van der Waals surface area contributed by atoms with Crippen molar-refractivity contribution in [3.8, 4) is 51.0 Å². The number of hydrogen-bond donors (Lipinski definition) is 0. The average Bonchev–Trinajstić information content (AvgIpc) is 3.82. The molecule has 10 rings (SSSR count). The molecule has 3 heterocycles. The SMILES string of the molecule is [2H]c1c([2H])c([2H])c2c(c1[2H])c1c([2H])c(-c3ccc(-c4nc(-c5ccccc5)nc(-c5ccc6c(c5)oc5ccccc56)n4)cc3)c([2H])c([2H])c1n2-c1ccccc1. The van der Waals surface area contributed by atoms with Crippen LogP contribution in [0, 0.1) is 0 Å². The smallest absolute Gasteiger partial charge is 0.164 e. The van der Waals surface area contributed by atoms with Crippen molar-refractivity contribution in [1.82, 2.24) is 19.5 Å². The van der Waals surface area contributed by atoms with Crippen LogP contribution in [0.15, 0.2) is 174 Å². The van der Waals surface area contributed by atoms with Gasteiger partial charge in [-0.25, -0.2) is 15.0 Å². The van der Waals surface area contributed by atoms with Gasteiger partial charge < -0.3 is 8.98 Å². The van der Waals surface area contributed by atoms with Crippen LogP contribution in [0.4, 0.5) is 0 Å². The number of fused-ring (bicyclic) bond motifs is 6. The van der Waals surface area contributed by atoms with Crippen molar-refractivity contribution >= 4 is 43.7 Å². The molecule has 0 aliphatic heterocycles. The number of nitrogens with zero attached hydrogens (tertiary/aromatic N) is 4. The van der Waals surface area contributed by atoms with E-state index in [-0.39, 0.29) is 57.6 Å². The molecule has 0 saturated heterocycles. The van der Waals surface area contributed by atoms with Crippen LogP contribution in [0.3, 0.4) is 0 Å². The Morgan fingerprint density at radius 2 is 1.04 bits per heavy atom. The maximum Gasteiger partial charge on any atom is 0.164 e. The molecule has 5 heteroatoms. The van der Waals surface area contributed by atoms with E-state index in [2.05, 4.69) is 0 Å². The van der Waals surface area contributed by atoms with Crippen molar-refractivity contribution < 1.29 is 14.0 Å². The summed E-state index contributed by atoms with van der Waals surface area (Å²) in [6.45, 7) is 0. The van der Waals surface area contributed by atoms with Crippen LogP contribution in [-0.2, 0) is 0 Å². The predicted octanol–water partition coefficient (Wildman–Crippen LogP) is 11.5. The molecule has 234 valence electrons. The molecule has 0 spiro atoms. The zero-order valence-electron chi connectivity index (χ0n) is 33.3. The van der Waals surface area contributed by atoms with E-state index in [0.29, 0.717) is 39.9 Å². The first-order valence-electron chi connectivity index (χ1n) is 19.6. The van der Waals surface area contributed by atoms with Gasteiger partial charge in [0.2, 0.25) is 0 Å². The van der Waals surface area contributed by atoms with Gasteiger partial charge >= 0.3 is 0 Å². The summed E-state index contributed by atoms with van der Waals surface area (Å²) in [6, 6.07) is 37.5. The summed E-state index contributed by atoms with van der Waals surface area (Å²) in [5.74, 6) is 1.34. The van der Waals surface area contributed by atoms with E-state index in [1.807, 2.05) is 78.9 Å². The molecule has 0 fully saturated rings. The van der Waals surface area contributed by atoms with Crippen molar-refractivity contribution in [3.63, 3.8) is 0 Å². The Hall–Kier alpha value is -6.85. The first-order chi connectivity index (χ1) is 27.7. The fourth-order valence-corrected chi connectivity index (χ4v) is 6.50. The molecular weight excluding hydrogens is 613 g/mol. The molecule has 7 aromatic carbocycles. The molecule has 0 aliphatic carbocycles. The molecule has 5 nitrogen and oxygen atoms in total. The Balaban J connectivity index is 1.14. The molecule has 0 N–H and O–H groups in total. The van der Waals surface area contributed by atoms with Gasteiger partial charge in [-0.2, -0.15) is 0 Å². The van der Waals surface area contributed by atoms with E-state index >= 15 is 0 Å². The van der Waals surface area contributed by atoms with Crippen LogP contribution < -0.4 is 0 Å². The van der Waals surface area contributed by atoms with Crippen molar-refractivity contribution in [2.45, 2.75) is 0 Å². The van der Waals surface area contributed by atoms with Gasteiger partial charge in [0, 0.05) is 43.9 Å². The van der Waals surface area contributed by atoms with Crippen molar-refractivity contribution in [3.05, 3.63) is 170 Å². The first kappa shape index (κ1) is 21.9. The van der Waals surface area contributed by atoms with Gasteiger partial charge in [-0.05, 0) is 59.6 Å².